The zero-order chi connectivity index (χ0) is 16.5. The van der Waals surface area contributed by atoms with E-state index in [1.165, 1.54) is 0 Å². The van der Waals surface area contributed by atoms with E-state index < -0.39 is 0 Å². The molecule has 0 aliphatic heterocycles. The van der Waals surface area contributed by atoms with Gasteiger partial charge in [0.1, 0.15) is 5.75 Å². The van der Waals surface area contributed by atoms with E-state index in [0.717, 1.165) is 30.4 Å². The lowest BCUT2D eigenvalue weighted by atomic mass is 10.2. The molecule has 0 saturated carbocycles. The molecule has 23 heavy (non-hydrogen) atoms. The minimum absolute atomic E-state index is 0.182. The van der Waals surface area contributed by atoms with Crippen LogP contribution in [0.4, 0.5) is 0 Å². The van der Waals surface area contributed by atoms with E-state index >= 15 is 0 Å². The number of aliphatic imine (C=N–C) groups is 1. The molecule has 0 amide bonds. The van der Waals surface area contributed by atoms with Gasteiger partial charge in [-0.3, -0.25) is 4.99 Å². The molecule has 2 N–H and O–H groups in total. The highest BCUT2D eigenvalue weighted by Crippen LogP contribution is 2.14. The lowest BCUT2D eigenvalue weighted by Gasteiger charge is -2.14. The summed E-state index contributed by atoms with van der Waals surface area (Å²) < 4.78 is 7.85. The van der Waals surface area contributed by atoms with E-state index in [2.05, 4.69) is 44.7 Å². The fraction of sp³-hybridized carbons (Fsp3) is 0.389. The van der Waals surface area contributed by atoms with Gasteiger partial charge in [0.05, 0.1) is 6.10 Å². The van der Waals surface area contributed by atoms with Crippen molar-refractivity contribution in [2.75, 3.05) is 13.6 Å². The summed E-state index contributed by atoms with van der Waals surface area (Å²) in [5, 5.41) is 6.63. The van der Waals surface area contributed by atoms with Crippen molar-refractivity contribution in [2.45, 2.75) is 33.0 Å². The third kappa shape index (κ3) is 6.06. The first-order valence-electron chi connectivity index (χ1n) is 7.98. The fourth-order valence-corrected chi connectivity index (χ4v) is 2.23. The Labute approximate surface area is 138 Å². The number of ether oxygens (including phenoxy) is 1. The highest BCUT2D eigenvalue weighted by atomic mass is 16.5. The first-order chi connectivity index (χ1) is 11.2. The smallest absolute Gasteiger partial charge is 0.191 e. The van der Waals surface area contributed by atoms with Crippen LogP contribution in [0.25, 0.3) is 0 Å². The van der Waals surface area contributed by atoms with Crippen LogP contribution in [-0.2, 0) is 13.1 Å². The third-order valence-corrected chi connectivity index (χ3v) is 3.28. The van der Waals surface area contributed by atoms with E-state index in [4.69, 9.17) is 4.74 Å². The number of hydrogen-bond acceptors (Lipinski definition) is 2. The van der Waals surface area contributed by atoms with Crippen molar-refractivity contribution in [3.05, 3.63) is 54.4 Å². The third-order valence-electron chi connectivity index (χ3n) is 3.28. The zero-order valence-electron chi connectivity index (χ0n) is 14.1. The monoisotopic (exact) mass is 314 g/mol. The maximum Gasteiger partial charge on any atom is 0.191 e. The highest BCUT2D eigenvalue weighted by molar-refractivity contribution is 5.79. The summed E-state index contributed by atoms with van der Waals surface area (Å²) in [6, 6.07) is 12.2. The van der Waals surface area contributed by atoms with E-state index in [1.807, 2.05) is 38.1 Å². The molecule has 0 radical (unpaired) electrons. The molecule has 124 valence electrons. The summed E-state index contributed by atoms with van der Waals surface area (Å²) in [6.07, 6.45) is 4.29. The summed E-state index contributed by atoms with van der Waals surface area (Å²) in [7, 11) is 1.78. The molecule has 1 aromatic carbocycles. The minimum Gasteiger partial charge on any atom is -0.491 e. The minimum atomic E-state index is 0.182. The Bertz CT molecular complexity index is 605. The number of rotatable bonds is 7. The Morgan fingerprint density at radius 3 is 2.65 bits per heavy atom. The van der Waals surface area contributed by atoms with Gasteiger partial charge in [0.25, 0.3) is 0 Å². The first-order valence-corrected chi connectivity index (χ1v) is 7.98. The summed E-state index contributed by atoms with van der Waals surface area (Å²) in [5.41, 5.74) is 1.16. The largest absolute Gasteiger partial charge is 0.491 e. The maximum absolute atomic E-state index is 5.72. The van der Waals surface area contributed by atoms with Gasteiger partial charge in [0, 0.05) is 39.1 Å². The average Bonchev–Trinajstić information content (AvgIpc) is 3.03. The van der Waals surface area contributed by atoms with E-state index in [-0.39, 0.29) is 6.10 Å². The van der Waals surface area contributed by atoms with Gasteiger partial charge in [-0.15, -0.1) is 0 Å². The molecular formula is C18H26N4O. The van der Waals surface area contributed by atoms with Crippen LogP contribution >= 0.6 is 0 Å². The molecule has 0 aliphatic rings. The molecule has 2 aromatic rings. The van der Waals surface area contributed by atoms with Crippen molar-refractivity contribution < 1.29 is 4.74 Å². The van der Waals surface area contributed by atoms with Gasteiger partial charge in [-0.2, -0.15) is 0 Å². The summed E-state index contributed by atoms with van der Waals surface area (Å²) >= 11 is 0. The second-order valence-electron chi connectivity index (χ2n) is 5.59. The van der Waals surface area contributed by atoms with Crippen molar-refractivity contribution in [3.63, 3.8) is 0 Å². The Hall–Kier alpha value is -2.43. The normalized spacial score (nSPS) is 11.6. The summed E-state index contributed by atoms with van der Waals surface area (Å²) in [6.45, 7) is 6.50. The van der Waals surface area contributed by atoms with Gasteiger partial charge in [0.15, 0.2) is 5.96 Å². The number of aromatic nitrogens is 1. The molecule has 5 heteroatoms. The number of nitrogens with zero attached hydrogens (tertiary/aromatic N) is 2. The second kappa shape index (κ2) is 8.88. The van der Waals surface area contributed by atoms with Crippen LogP contribution in [0.1, 0.15) is 19.4 Å². The van der Waals surface area contributed by atoms with Gasteiger partial charge in [-0.05, 0) is 43.7 Å². The standard InChI is InChI=1S/C18H26N4O/c1-15(2)23-17-8-6-7-16(13-17)14-21-18(19-3)20-9-12-22-10-4-5-11-22/h4-8,10-11,13,15H,9,12,14H2,1-3H3,(H2,19,20,21). The quantitative estimate of drug-likeness (QED) is 0.610. The molecule has 1 heterocycles. The van der Waals surface area contributed by atoms with Crippen molar-refractivity contribution in [1.29, 1.82) is 0 Å². The molecule has 1 aromatic heterocycles. The average molecular weight is 314 g/mol. The molecule has 5 nitrogen and oxygen atoms in total. The van der Waals surface area contributed by atoms with Crippen molar-refractivity contribution in [2.24, 2.45) is 4.99 Å². The Kier molecular flexibility index (Phi) is 6.54. The molecule has 0 bridgehead atoms. The molecule has 0 fully saturated rings. The molecular weight excluding hydrogens is 288 g/mol. The molecule has 0 unspecified atom stereocenters. The van der Waals surface area contributed by atoms with Gasteiger partial charge in [-0.1, -0.05) is 12.1 Å². The summed E-state index contributed by atoms with van der Waals surface area (Å²) in [5.74, 6) is 1.70. The Morgan fingerprint density at radius 2 is 1.96 bits per heavy atom. The number of hydrogen-bond donors (Lipinski definition) is 2. The lowest BCUT2D eigenvalue weighted by molar-refractivity contribution is 0.242. The second-order valence-corrected chi connectivity index (χ2v) is 5.59. The fourth-order valence-electron chi connectivity index (χ4n) is 2.23. The zero-order valence-corrected chi connectivity index (χ0v) is 14.1. The van der Waals surface area contributed by atoms with E-state index in [9.17, 15) is 0 Å². The van der Waals surface area contributed by atoms with Gasteiger partial charge in [0.2, 0.25) is 0 Å². The maximum atomic E-state index is 5.72. The van der Waals surface area contributed by atoms with Crippen molar-refractivity contribution in [3.8, 4) is 5.75 Å². The number of benzene rings is 1. The van der Waals surface area contributed by atoms with E-state index in [0.29, 0.717) is 6.54 Å². The molecule has 0 saturated heterocycles. The van der Waals surface area contributed by atoms with Crippen LogP contribution in [0.15, 0.2) is 53.8 Å². The van der Waals surface area contributed by atoms with E-state index in [1.54, 1.807) is 7.05 Å². The highest BCUT2D eigenvalue weighted by Gasteiger charge is 2.01. The van der Waals surface area contributed by atoms with Crippen LogP contribution in [0.3, 0.4) is 0 Å². The van der Waals surface area contributed by atoms with Crippen LogP contribution in [-0.4, -0.2) is 30.2 Å². The van der Waals surface area contributed by atoms with Crippen molar-refractivity contribution >= 4 is 5.96 Å². The van der Waals surface area contributed by atoms with Crippen LogP contribution in [0, 0.1) is 0 Å². The summed E-state index contributed by atoms with van der Waals surface area (Å²) in [4.78, 5) is 4.25. The SMILES string of the molecule is CN=C(NCCn1cccc1)NCc1cccc(OC(C)C)c1. The van der Waals surface area contributed by atoms with Crippen LogP contribution in [0.2, 0.25) is 0 Å². The molecule has 0 atom stereocenters. The van der Waals surface area contributed by atoms with Crippen LogP contribution < -0.4 is 15.4 Å². The van der Waals surface area contributed by atoms with Crippen LogP contribution in [0.5, 0.6) is 5.75 Å². The Morgan fingerprint density at radius 1 is 1.17 bits per heavy atom. The van der Waals surface area contributed by atoms with Gasteiger partial charge >= 0.3 is 0 Å². The van der Waals surface area contributed by atoms with Gasteiger partial charge in [-0.25, -0.2) is 0 Å². The van der Waals surface area contributed by atoms with Crippen molar-refractivity contribution in [1.82, 2.24) is 15.2 Å². The number of guanidine groups is 1. The van der Waals surface area contributed by atoms with Gasteiger partial charge < -0.3 is 19.9 Å². The predicted molar refractivity (Wildman–Crippen MR) is 94.8 cm³/mol. The molecule has 0 aliphatic carbocycles. The molecule has 0 spiro atoms. The lowest BCUT2D eigenvalue weighted by Crippen LogP contribution is -2.38. The predicted octanol–water partition coefficient (Wildman–Crippen LogP) is 2.64. The number of nitrogens with one attached hydrogen (secondary N) is 2. The topological polar surface area (TPSA) is 50.6 Å². The molecule has 2 rings (SSSR count). The first kappa shape index (κ1) is 16.9. The Balaban J connectivity index is 1.78.